The van der Waals surface area contributed by atoms with E-state index in [1.54, 1.807) is 12.1 Å². The second-order valence-electron chi connectivity index (χ2n) is 4.86. The molecule has 0 unspecified atom stereocenters. The van der Waals surface area contributed by atoms with Crippen LogP contribution in [0.1, 0.15) is 13.8 Å². The molecule has 0 aromatic carbocycles. The molecule has 1 amide bonds. The van der Waals surface area contributed by atoms with Crippen LogP contribution in [0.5, 0.6) is 0 Å². The molecule has 0 aliphatic carbocycles. The Morgan fingerprint density at radius 1 is 1.47 bits per heavy atom. The maximum atomic E-state index is 11.9. The maximum absolute atomic E-state index is 11.9. The number of aromatic nitrogens is 1. The SMILES string of the molecule is C[C@H]1CN(CC(=O)Nc2ccc(Cl)cn2)C[C@H](C)O1. The summed E-state index contributed by atoms with van der Waals surface area (Å²) in [7, 11) is 0. The van der Waals surface area contributed by atoms with Gasteiger partial charge in [0, 0.05) is 19.3 Å². The van der Waals surface area contributed by atoms with Gasteiger partial charge in [-0.1, -0.05) is 11.6 Å². The Hall–Kier alpha value is -1.17. The number of nitrogens with one attached hydrogen (secondary N) is 1. The van der Waals surface area contributed by atoms with E-state index in [0.717, 1.165) is 13.1 Å². The highest BCUT2D eigenvalue weighted by atomic mass is 35.5. The first kappa shape index (κ1) is 14.2. The third-order valence-electron chi connectivity index (χ3n) is 2.86. The van der Waals surface area contributed by atoms with Gasteiger partial charge in [-0.3, -0.25) is 9.69 Å². The first-order chi connectivity index (χ1) is 9.02. The zero-order valence-electron chi connectivity index (χ0n) is 11.1. The smallest absolute Gasteiger partial charge is 0.239 e. The summed E-state index contributed by atoms with van der Waals surface area (Å²) in [5, 5.41) is 3.30. The van der Waals surface area contributed by atoms with Gasteiger partial charge in [-0.05, 0) is 26.0 Å². The molecule has 2 heterocycles. The van der Waals surface area contributed by atoms with Crippen molar-refractivity contribution < 1.29 is 9.53 Å². The molecule has 0 spiro atoms. The molecule has 2 atom stereocenters. The Kier molecular flexibility index (Phi) is 4.74. The van der Waals surface area contributed by atoms with Gasteiger partial charge in [-0.2, -0.15) is 0 Å². The third-order valence-corrected chi connectivity index (χ3v) is 3.08. The van der Waals surface area contributed by atoms with Crippen LogP contribution in [0, 0.1) is 0 Å². The number of carbonyl (C=O) groups excluding carboxylic acids is 1. The zero-order valence-corrected chi connectivity index (χ0v) is 11.9. The highest BCUT2D eigenvalue weighted by Crippen LogP contribution is 2.12. The zero-order chi connectivity index (χ0) is 13.8. The van der Waals surface area contributed by atoms with Crippen LogP contribution in [0.2, 0.25) is 5.02 Å². The highest BCUT2D eigenvalue weighted by molar-refractivity contribution is 6.30. The van der Waals surface area contributed by atoms with Gasteiger partial charge in [-0.25, -0.2) is 4.98 Å². The fraction of sp³-hybridized carbons (Fsp3) is 0.538. The van der Waals surface area contributed by atoms with Gasteiger partial charge in [0.05, 0.1) is 23.8 Å². The summed E-state index contributed by atoms with van der Waals surface area (Å²) in [6, 6.07) is 3.38. The number of hydrogen-bond donors (Lipinski definition) is 1. The molecular formula is C13H18ClN3O2. The Morgan fingerprint density at radius 3 is 2.74 bits per heavy atom. The van der Waals surface area contributed by atoms with E-state index in [1.165, 1.54) is 6.20 Å². The van der Waals surface area contributed by atoms with Crippen LogP contribution < -0.4 is 5.32 Å². The van der Waals surface area contributed by atoms with E-state index < -0.39 is 0 Å². The number of pyridine rings is 1. The van der Waals surface area contributed by atoms with Crippen molar-refractivity contribution in [3.05, 3.63) is 23.4 Å². The number of anilines is 1. The quantitative estimate of drug-likeness (QED) is 0.919. The molecule has 0 radical (unpaired) electrons. The molecule has 6 heteroatoms. The molecule has 5 nitrogen and oxygen atoms in total. The normalized spacial score (nSPS) is 24.2. The summed E-state index contributed by atoms with van der Waals surface area (Å²) in [6.45, 7) is 5.92. The number of carbonyl (C=O) groups is 1. The van der Waals surface area contributed by atoms with E-state index in [-0.39, 0.29) is 18.1 Å². The molecule has 19 heavy (non-hydrogen) atoms. The first-order valence-corrected chi connectivity index (χ1v) is 6.70. The van der Waals surface area contributed by atoms with Gasteiger partial charge in [0.2, 0.25) is 5.91 Å². The van der Waals surface area contributed by atoms with Crippen LogP contribution in [-0.2, 0) is 9.53 Å². The van der Waals surface area contributed by atoms with Crippen molar-refractivity contribution in [2.45, 2.75) is 26.1 Å². The summed E-state index contributed by atoms with van der Waals surface area (Å²) in [5.74, 6) is 0.444. The predicted octanol–water partition coefficient (Wildman–Crippen LogP) is 1.78. The Morgan fingerprint density at radius 2 is 2.16 bits per heavy atom. The Bertz CT molecular complexity index is 428. The third kappa shape index (κ3) is 4.45. The molecule has 104 valence electrons. The van der Waals surface area contributed by atoms with Crippen LogP contribution in [0.4, 0.5) is 5.82 Å². The maximum Gasteiger partial charge on any atom is 0.239 e. The first-order valence-electron chi connectivity index (χ1n) is 6.32. The van der Waals surface area contributed by atoms with Gasteiger partial charge in [0.1, 0.15) is 5.82 Å². The second kappa shape index (κ2) is 6.32. The van der Waals surface area contributed by atoms with Gasteiger partial charge in [-0.15, -0.1) is 0 Å². The average molecular weight is 284 g/mol. The van der Waals surface area contributed by atoms with Gasteiger partial charge < -0.3 is 10.1 Å². The molecule has 1 aromatic rings. The Labute approximate surface area is 117 Å². The number of ether oxygens (including phenoxy) is 1. The van der Waals surface area contributed by atoms with E-state index in [9.17, 15) is 4.79 Å². The molecule has 1 aliphatic heterocycles. The Balaban J connectivity index is 1.85. The van der Waals surface area contributed by atoms with E-state index in [4.69, 9.17) is 16.3 Å². The minimum atomic E-state index is -0.0730. The monoisotopic (exact) mass is 283 g/mol. The summed E-state index contributed by atoms with van der Waals surface area (Å²) in [6.07, 6.45) is 1.83. The van der Waals surface area contributed by atoms with Crippen molar-refractivity contribution in [3.63, 3.8) is 0 Å². The van der Waals surface area contributed by atoms with Crippen LogP contribution in [0.25, 0.3) is 0 Å². The van der Waals surface area contributed by atoms with Crippen molar-refractivity contribution in [1.29, 1.82) is 0 Å². The van der Waals surface area contributed by atoms with E-state index in [1.807, 2.05) is 13.8 Å². The van der Waals surface area contributed by atoms with Crippen molar-refractivity contribution in [3.8, 4) is 0 Å². The van der Waals surface area contributed by atoms with Crippen molar-refractivity contribution in [1.82, 2.24) is 9.88 Å². The van der Waals surface area contributed by atoms with Gasteiger partial charge in [0.25, 0.3) is 0 Å². The molecule has 1 saturated heterocycles. The lowest BCUT2D eigenvalue weighted by Crippen LogP contribution is -2.48. The van der Waals surface area contributed by atoms with Crippen LogP contribution in [0.15, 0.2) is 18.3 Å². The lowest BCUT2D eigenvalue weighted by molar-refractivity contribution is -0.121. The van der Waals surface area contributed by atoms with Crippen molar-refractivity contribution in [2.75, 3.05) is 25.0 Å². The molecule has 1 fully saturated rings. The molecular weight excluding hydrogens is 266 g/mol. The number of morpholine rings is 1. The molecule has 1 aromatic heterocycles. The molecule has 1 N–H and O–H groups in total. The summed E-state index contributed by atoms with van der Waals surface area (Å²) >= 11 is 5.74. The lowest BCUT2D eigenvalue weighted by atomic mass is 10.2. The van der Waals surface area contributed by atoms with E-state index in [0.29, 0.717) is 17.4 Å². The number of hydrogen-bond acceptors (Lipinski definition) is 4. The molecule has 0 saturated carbocycles. The van der Waals surface area contributed by atoms with Crippen molar-refractivity contribution >= 4 is 23.3 Å². The minimum Gasteiger partial charge on any atom is -0.373 e. The minimum absolute atomic E-state index is 0.0730. The highest BCUT2D eigenvalue weighted by Gasteiger charge is 2.23. The van der Waals surface area contributed by atoms with E-state index >= 15 is 0 Å². The van der Waals surface area contributed by atoms with Crippen LogP contribution >= 0.6 is 11.6 Å². The standard InChI is InChI=1S/C13H18ClN3O2/c1-9-6-17(7-10(2)19-9)8-13(18)16-12-4-3-11(14)5-15-12/h3-5,9-10H,6-8H2,1-2H3,(H,15,16,18)/t9-,10-/m0/s1. The van der Waals surface area contributed by atoms with Gasteiger partial charge in [0.15, 0.2) is 0 Å². The number of halogens is 1. The fourth-order valence-corrected chi connectivity index (χ4v) is 2.36. The second-order valence-corrected chi connectivity index (χ2v) is 5.30. The van der Waals surface area contributed by atoms with Crippen molar-refractivity contribution in [2.24, 2.45) is 0 Å². The summed E-state index contributed by atoms with van der Waals surface area (Å²) in [4.78, 5) is 18.0. The average Bonchev–Trinajstić information content (AvgIpc) is 2.30. The molecule has 2 rings (SSSR count). The topological polar surface area (TPSA) is 54.5 Å². The summed E-state index contributed by atoms with van der Waals surface area (Å²) in [5.41, 5.74) is 0. The van der Waals surface area contributed by atoms with Crippen LogP contribution in [-0.4, -0.2) is 47.6 Å². The number of amides is 1. The van der Waals surface area contributed by atoms with Gasteiger partial charge >= 0.3 is 0 Å². The largest absolute Gasteiger partial charge is 0.373 e. The number of nitrogens with zero attached hydrogens (tertiary/aromatic N) is 2. The van der Waals surface area contributed by atoms with Crippen LogP contribution in [0.3, 0.4) is 0 Å². The summed E-state index contributed by atoms with van der Waals surface area (Å²) < 4.78 is 5.63. The predicted molar refractivity (Wildman–Crippen MR) is 74.3 cm³/mol. The molecule has 1 aliphatic rings. The fourth-order valence-electron chi connectivity index (χ4n) is 2.25. The molecule has 0 bridgehead atoms. The number of rotatable bonds is 3. The van der Waals surface area contributed by atoms with E-state index in [2.05, 4.69) is 15.2 Å². The lowest BCUT2D eigenvalue weighted by Gasteiger charge is -2.34.